The number of rotatable bonds is 4. The fourth-order valence-corrected chi connectivity index (χ4v) is 2.66. The lowest BCUT2D eigenvalue weighted by atomic mass is 10.3. The summed E-state index contributed by atoms with van der Waals surface area (Å²) in [6.45, 7) is 0. The first-order valence-corrected chi connectivity index (χ1v) is 7.10. The molecule has 0 bridgehead atoms. The Hall–Kier alpha value is -2.68. The molecule has 9 heteroatoms. The summed E-state index contributed by atoms with van der Waals surface area (Å²) >= 11 is 0. The number of aromatic nitrogens is 5. The van der Waals surface area contributed by atoms with E-state index >= 15 is 0 Å². The first-order chi connectivity index (χ1) is 9.67. The Bertz CT molecular complexity index is 795. The van der Waals surface area contributed by atoms with Crippen LogP contribution in [-0.4, -0.2) is 33.2 Å². The van der Waals surface area contributed by atoms with Gasteiger partial charge in [0, 0.05) is 0 Å². The van der Waals surface area contributed by atoms with Crippen molar-refractivity contribution in [1.29, 1.82) is 0 Å². The molecule has 0 atom stereocenters. The quantitative estimate of drug-likeness (QED) is 0.739. The van der Waals surface area contributed by atoms with Crippen molar-refractivity contribution in [3.63, 3.8) is 0 Å². The van der Waals surface area contributed by atoms with Crippen molar-refractivity contribution in [2.75, 3.05) is 4.72 Å². The molecule has 3 aromatic rings. The van der Waals surface area contributed by atoms with Crippen molar-refractivity contribution < 1.29 is 8.42 Å². The standard InChI is InChI=1S/C11H10N6O2S/c18-20(19,11-5-12-6-14-11)16-9-3-1-2-4-10(9)17-8-13-7-15-17/h1-8,16H,(H,12,14). The van der Waals surface area contributed by atoms with E-state index in [1.54, 1.807) is 24.3 Å². The topological polar surface area (TPSA) is 106 Å². The lowest BCUT2D eigenvalue weighted by molar-refractivity contribution is 0.598. The molecule has 0 spiro atoms. The number of aromatic amines is 1. The van der Waals surface area contributed by atoms with Gasteiger partial charge in [-0.15, -0.1) is 0 Å². The number of anilines is 1. The normalized spacial score (nSPS) is 11.4. The van der Waals surface area contributed by atoms with Gasteiger partial charge in [-0.3, -0.25) is 4.72 Å². The van der Waals surface area contributed by atoms with Crippen LogP contribution in [0.1, 0.15) is 0 Å². The number of benzene rings is 1. The van der Waals surface area contributed by atoms with Gasteiger partial charge in [0.15, 0.2) is 5.03 Å². The summed E-state index contributed by atoms with van der Waals surface area (Å²) in [4.78, 5) is 10.1. The molecule has 0 aliphatic rings. The maximum absolute atomic E-state index is 12.2. The van der Waals surface area contributed by atoms with Crippen LogP contribution in [0.2, 0.25) is 0 Å². The van der Waals surface area contributed by atoms with E-state index in [1.807, 2.05) is 0 Å². The fraction of sp³-hybridized carbons (Fsp3) is 0. The highest BCUT2D eigenvalue weighted by atomic mass is 32.2. The van der Waals surface area contributed by atoms with Gasteiger partial charge in [-0.25, -0.2) is 14.6 Å². The highest BCUT2D eigenvalue weighted by Gasteiger charge is 2.17. The summed E-state index contributed by atoms with van der Waals surface area (Å²) in [5, 5.41) is 3.98. The van der Waals surface area contributed by atoms with E-state index in [0.717, 1.165) is 0 Å². The second-order valence-electron chi connectivity index (χ2n) is 3.88. The van der Waals surface area contributed by atoms with E-state index in [4.69, 9.17) is 0 Å². The van der Waals surface area contributed by atoms with Crippen LogP contribution in [0.5, 0.6) is 0 Å². The number of H-pyrrole nitrogens is 1. The Balaban J connectivity index is 2.00. The van der Waals surface area contributed by atoms with Gasteiger partial charge in [0.25, 0.3) is 10.0 Å². The van der Waals surface area contributed by atoms with Gasteiger partial charge in [-0.2, -0.15) is 13.5 Å². The summed E-state index contributed by atoms with van der Waals surface area (Å²) in [5.74, 6) is 0. The maximum Gasteiger partial charge on any atom is 0.279 e. The maximum atomic E-state index is 12.2. The van der Waals surface area contributed by atoms with Crippen LogP contribution in [0.3, 0.4) is 0 Å². The molecule has 0 unspecified atom stereocenters. The molecular weight excluding hydrogens is 280 g/mol. The summed E-state index contributed by atoms with van der Waals surface area (Å²) in [7, 11) is -3.71. The van der Waals surface area contributed by atoms with Gasteiger partial charge in [-0.05, 0) is 12.1 Å². The molecule has 20 heavy (non-hydrogen) atoms. The fourth-order valence-electron chi connectivity index (χ4n) is 1.68. The Kier molecular flexibility index (Phi) is 2.95. The monoisotopic (exact) mass is 290 g/mol. The predicted molar refractivity (Wildman–Crippen MR) is 70.8 cm³/mol. The molecule has 0 saturated heterocycles. The van der Waals surface area contributed by atoms with Crippen LogP contribution in [-0.2, 0) is 10.0 Å². The molecule has 0 radical (unpaired) electrons. The zero-order valence-corrected chi connectivity index (χ0v) is 10.9. The van der Waals surface area contributed by atoms with E-state index in [9.17, 15) is 8.42 Å². The number of hydrogen-bond acceptors (Lipinski definition) is 5. The Morgan fingerprint density at radius 1 is 1.20 bits per heavy atom. The molecule has 0 saturated carbocycles. The third kappa shape index (κ3) is 2.26. The van der Waals surface area contributed by atoms with Crippen LogP contribution in [0.4, 0.5) is 5.69 Å². The van der Waals surface area contributed by atoms with E-state index < -0.39 is 10.0 Å². The molecule has 0 aliphatic carbocycles. The molecule has 2 N–H and O–H groups in total. The van der Waals surface area contributed by atoms with E-state index in [2.05, 4.69) is 24.8 Å². The zero-order valence-electron chi connectivity index (χ0n) is 10.1. The average molecular weight is 290 g/mol. The van der Waals surface area contributed by atoms with Crippen LogP contribution in [0.15, 0.2) is 54.5 Å². The van der Waals surface area contributed by atoms with Crippen LogP contribution in [0, 0.1) is 0 Å². The van der Waals surface area contributed by atoms with Crippen molar-refractivity contribution in [3.8, 4) is 5.69 Å². The molecule has 1 aromatic carbocycles. The third-order valence-electron chi connectivity index (χ3n) is 2.58. The molecule has 8 nitrogen and oxygen atoms in total. The number of nitrogens with zero attached hydrogens (tertiary/aromatic N) is 4. The van der Waals surface area contributed by atoms with Crippen molar-refractivity contribution >= 4 is 15.7 Å². The molecular formula is C11H10N6O2S. The molecule has 0 fully saturated rings. The Morgan fingerprint density at radius 3 is 2.75 bits per heavy atom. The van der Waals surface area contributed by atoms with Crippen molar-refractivity contribution in [1.82, 2.24) is 24.7 Å². The lowest BCUT2D eigenvalue weighted by Crippen LogP contribution is -2.15. The highest BCUT2D eigenvalue weighted by molar-refractivity contribution is 7.92. The van der Waals surface area contributed by atoms with Gasteiger partial charge in [-0.1, -0.05) is 12.1 Å². The number of hydrogen-bond donors (Lipinski definition) is 2. The Labute approximate surface area is 114 Å². The van der Waals surface area contributed by atoms with Crippen molar-refractivity contribution in [2.24, 2.45) is 0 Å². The minimum absolute atomic E-state index is 0.00843. The summed E-state index contributed by atoms with van der Waals surface area (Å²) < 4.78 is 28.3. The van der Waals surface area contributed by atoms with Gasteiger partial charge in [0.05, 0.1) is 23.9 Å². The minimum Gasteiger partial charge on any atom is -0.334 e. The third-order valence-corrected chi connectivity index (χ3v) is 3.87. The van der Waals surface area contributed by atoms with Gasteiger partial charge >= 0.3 is 0 Å². The molecule has 0 aliphatic heterocycles. The lowest BCUT2D eigenvalue weighted by Gasteiger charge is -2.10. The number of sulfonamides is 1. The summed E-state index contributed by atoms with van der Waals surface area (Å²) in [6.07, 6.45) is 5.40. The van der Waals surface area contributed by atoms with E-state index in [-0.39, 0.29) is 5.03 Å². The van der Waals surface area contributed by atoms with E-state index in [1.165, 1.54) is 29.9 Å². The second-order valence-corrected chi connectivity index (χ2v) is 5.53. The van der Waals surface area contributed by atoms with Gasteiger partial charge in [0.1, 0.15) is 12.7 Å². The predicted octanol–water partition coefficient (Wildman–Crippen LogP) is 0.791. The van der Waals surface area contributed by atoms with Gasteiger partial charge < -0.3 is 4.98 Å². The van der Waals surface area contributed by atoms with Crippen molar-refractivity contribution in [3.05, 3.63) is 49.4 Å². The summed E-state index contributed by atoms with van der Waals surface area (Å²) in [6, 6.07) is 6.89. The SMILES string of the molecule is O=S(=O)(Nc1ccccc1-n1cncn1)c1cnc[nH]1. The molecule has 2 aromatic heterocycles. The number of para-hydroxylation sites is 2. The van der Waals surface area contributed by atoms with Crippen LogP contribution >= 0.6 is 0 Å². The molecule has 2 heterocycles. The van der Waals surface area contributed by atoms with Gasteiger partial charge in [0.2, 0.25) is 0 Å². The Morgan fingerprint density at radius 2 is 2.05 bits per heavy atom. The largest absolute Gasteiger partial charge is 0.334 e. The van der Waals surface area contributed by atoms with Crippen LogP contribution in [0.25, 0.3) is 5.69 Å². The molecule has 102 valence electrons. The first kappa shape index (κ1) is 12.4. The number of nitrogens with one attached hydrogen (secondary N) is 2. The number of imidazole rings is 1. The summed E-state index contributed by atoms with van der Waals surface area (Å²) in [5.41, 5.74) is 0.973. The molecule has 0 amide bonds. The minimum atomic E-state index is -3.71. The zero-order chi connectivity index (χ0) is 14.0. The first-order valence-electron chi connectivity index (χ1n) is 5.62. The second kappa shape index (κ2) is 4.78. The highest BCUT2D eigenvalue weighted by Crippen LogP contribution is 2.21. The smallest absolute Gasteiger partial charge is 0.279 e. The average Bonchev–Trinajstić information content (AvgIpc) is 3.13. The van der Waals surface area contributed by atoms with Crippen molar-refractivity contribution in [2.45, 2.75) is 5.03 Å². The van der Waals surface area contributed by atoms with E-state index in [0.29, 0.717) is 11.4 Å². The molecule has 3 rings (SSSR count). The van der Waals surface area contributed by atoms with Crippen LogP contribution < -0.4 is 4.72 Å².